The predicted molar refractivity (Wildman–Crippen MR) is 143 cm³/mol. The Morgan fingerprint density at radius 3 is 2.72 bits per heavy atom. The maximum absolute atomic E-state index is 12.1. The molecular weight excluding hydrogens is 456 g/mol. The van der Waals surface area contributed by atoms with Crippen LogP contribution in [0.1, 0.15) is 0 Å². The average molecular weight is 487 g/mol. The summed E-state index contributed by atoms with van der Waals surface area (Å²) in [4.78, 5) is 23.2. The van der Waals surface area contributed by atoms with Crippen LogP contribution in [0.4, 0.5) is 17.3 Å². The van der Waals surface area contributed by atoms with Crippen LogP contribution in [0.15, 0.2) is 67.5 Å². The van der Waals surface area contributed by atoms with E-state index in [0.717, 1.165) is 22.2 Å². The fourth-order valence-electron chi connectivity index (χ4n) is 3.80. The topological polar surface area (TPSA) is 93.5 Å². The fourth-order valence-corrected chi connectivity index (χ4v) is 3.80. The van der Waals surface area contributed by atoms with Gasteiger partial charge in [-0.1, -0.05) is 24.8 Å². The Balaban J connectivity index is 1.68. The Bertz CT molecular complexity index is 1400. The average Bonchev–Trinajstić information content (AvgIpc) is 3.21. The summed E-state index contributed by atoms with van der Waals surface area (Å²) in [5.41, 5.74) is 3.97. The van der Waals surface area contributed by atoms with E-state index in [1.54, 1.807) is 25.4 Å². The number of nitrogens with zero attached hydrogens (tertiary/aromatic N) is 4. The maximum Gasteiger partial charge on any atom is 0.247 e. The first kappa shape index (κ1) is 24.7. The zero-order valence-corrected chi connectivity index (χ0v) is 20.9. The van der Waals surface area contributed by atoms with Gasteiger partial charge in [-0.2, -0.15) is 0 Å². The summed E-state index contributed by atoms with van der Waals surface area (Å²) in [5.74, 6) is 1.05. The van der Waals surface area contributed by atoms with Gasteiger partial charge >= 0.3 is 0 Å². The van der Waals surface area contributed by atoms with E-state index in [9.17, 15) is 4.79 Å². The summed E-state index contributed by atoms with van der Waals surface area (Å²) in [6.45, 7) is 4.69. The van der Waals surface area contributed by atoms with Gasteiger partial charge in [0.1, 0.15) is 18.1 Å². The number of methoxy groups -OCH3 is 1. The van der Waals surface area contributed by atoms with Gasteiger partial charge in [-0.05, 0) is 38.4 Å². The number of rotatable bonds is 10. The van der Waals surface area contributed by atoms with Crippen LogP contribution in [-0.2, 0) is 11.8 Å². The molecule has 0 atom stereocenters. The van der Waals surface area contributed by atoms with Crippen molar-refractivity contribution in [1.29, 1.82) is 0 Å². The highest BCUT2D eigenvalue weighted by molar-refractivity contribution is 6.00. The standard InChI is InChI=1S/C27H30N6O3/c1-6-26(34)29-22-15-21(24(35-5)16-25(22)36-14-13-32(2)3)31-27-28-12-11-20(30-27)19-17-33(4)23-10-8-7-9-18(19)23/h6-12,15-17H,1,13-14H2,2-5H3,(H,29,34)(H,28,30,31). The van der Waals surface area contributed by atoms with E-state index in [-0.39, 0.29) is 5.91 Å². The minimum absolute atomic E-state index is 0.349. The van der Waals surface area contributed by atoms with Crippen molar-refractivity contribution in [2.45, 2.75) is 0 Å². The number of hydrogen-bond donors (Lipinski definition) is 2. The smallest absolute Gasteiger partial charge is 0.247 e. The zero-order chi connectivity index (χ0) is 25.7. The molecule has 0 saturated carbocycles. The molecule has 36 heavy (non-hydrogen) atoms. The zero-order valence-electron chi connectivity index (χ0n) is 20.9. The number of aromatic nitrogens is 3. The molecule has 0 unspecified atom stereocenters. The number of likely N-dealkylation sites (N-methyl/N-ethyl adjacent to an activating group) is 1. The third kappa shape index (κ3) is 5.47. The molecule has 0 aliphatic rings. The van der Waals surface area contributed by atoms with Gasteiger partial charge in [-0.15, -0.1) is 0 Å². The number of fused-ring (bicyclic) bond motifs is 1. The van der Waals surface area contributed by atoms with E-state index < -0.39 is 0 Å². The highest BCUT2D eigenvalue weighted by Gasteiger charge is 2.16. The molecule has 0 aliphatic carbocycles. The summed E-state index contributed by atoms with van der Waals surface area (Å²) >= 11 is 0. The van der Waals surface area contributed by atoms with Gasteiger partial charge in [0.15, 0.2) is 0 Å². The maximum atomic E-state index is 12.1. The van der Waals surface area contributed by atoms with Crippen LogP contribution in [0.2, 0.25) is 0 Å². The Kier molecular flexibility index (Phi) is 7.50. The second-order valence-electron chi connectivity index (χ2n) is 8.46. The molecule has 0 spiro atoms. The number of anilines is 3. The predicted octanol–water partition coefficient (Wildman–Crippen LogP) is 4.45. The lowest BCUT2D eigenvalue weighted by Crippen LogP contribution is -2.20. The van der Waals surface area contributed by atoms with Crippen molar-refractivity contribution in [3.63, 3.8) is 0 Å². The van der Waals surface area contributed by atoms with Gasteiger partial charge < -0.3 is 29.6 Å². The molecule has 4 rings (SSSR count). The van der Waals surface area contributed by atoms with Crippen LogP contribution in [0, 0.1) is 0 Å². The van der Waals surface area contributed by atoms with Gasteiger partial charge in [0.25, 0.3) is 0 Å². The SMILES string of the molecule is C=CC(=O)Nc1cc(Nc2nccc(-c3cn(C)c4ccccc34)n2)c(OC)cc1OCCN(C)C. The summed E-state index contributed by atoms with van der Waals surface area (Å²) < 4.78 is 13.6. The number of nitrogens with one attached hydrogen (secondary N) is 2. The monoisotopic (exact) mass is 486 g/mol. The third-order valence-electron chi connectivity index (χ3n) is 5.62. The van der Waals surface area contributed by atoms with Crippen molar-refractivity contribution in [3.05, 3.63) is 67.5 Å². The van der Waals surface area contributed by atoms with Crippen LogP contribution in [-0.4, -0.2) is 59.7 Å². The molecule has 9 nitrogen and oxygen atoms in total. The normalized spacial score (nSPS) is 10.9. The first-order valence-corrected chi connectivity index (χ1v) is 11.5. The second kappa shape index (κ2) is 10.9. The molecule has 0 aliphatic heterocycles. The molecule has 9 heteroatoms. The molecule has 2 heterocycles. The fraction of sp³-hybridized carbons (Fsp3) is 0.222. The molecule has 1 amide bonds. The van der Waals surface area contributed by atoms with Crippen LogP contribution >= 0.6 is 0 Å². The van der Waals surface area contributed by atoms with Crippen LogP contribution in [0.3, 0.4) is 0 Å². The minimum Gasteiger partial charge on any atom is -0.494 e. The summed E-state index contributed by atoms with van der Waals surface area (Å²) in [6.07, 6.45) is 4.97. The number of benzene rings is 2. The molecule has 0 radical (unpaired) electrons. The molecule has 2 aromatic heterocycles. The van der Waals surface area contributed by atoms with E-state index in [1.165, 1.54) is 6.08 Å². The number of hydrogen-bond acceptors (Lipinski definition) is 7. The summed E-state index contributed by atoms with van der Waals surface area (Å²) in [5, 5.41) is 7.14. The van der Waals surface area contributed by atoms with Crippen molar-refractivity contribution in [2.75, 3.05) is 45.0 Å². The number of amides is 1. The van der Waals surface area contributed by atoms with Crippen molar-refractivity contribution in [1.82, 2.24) is 19.4 Å². The summed E-state index contributed by atoms with van der Waals surface area (Å²) in [7, 11) is 7.51. The lowest BCUT2D eigenvalue weighted by atomic mass is 10.1. The third-order valence-corrected chi connectivity index (χ3v) is 5.62. The summed E-state index contributed by atoms with van der Waals surface area (Å²) in [6, 6.07) is 13.5. The van der Waals surface area contributed by atoms with Gasteiger partial charge in [-0.25, -0.2) is 9.97 Å². The van der Waals surface area contributed by atoms with Crippen molar-refractivity contribution in [3.8, 4) is 22.8 Å². The van der Waals surface area contributed by atoms with Gasteiger partial charge in [0.05, 0.1) is 24.2 Å². The molecular formula is C27H30N6O3. The molecule has 2 N–H and O–H groups in total. The highest BCUT2D eigenvalue weighted by atomic mass is 16.5. The van der Waals surface area contributed by atoms with Gasteiger partial charge in [0, 0.05) is 48.5 Å². The molecule has 2 aromatic carbocycles. The van der Waals surface area contributed by atoms with Crippen molar-refractivity contribution < 1.29 is 14.3 Å². The Morgan fingerprint density at radius 2 is 1.97 bits per heavy atom. The molecule has 0 fully saturated rings. The second-order valence-corrected chi connectivity index (χ2v) is 8.46. The van der Waals surface area contributed by atoms with E-state index in [0.29, 0.717) is 42.0 Å². The number of para-hydroxylation sites is 1. The number of carbonyl (C=O) groups is 1. The minimum atomic E-state index is -0.349. The van der Waals surface area contributed by atoms with E-state index in [4.69, 9.17) is 14.5 Å². The molecule has 0 bridgehead atoms. The van der Waals surface area contributed by atoms with Crippen molar-refractivity contribution in [2.24, 2.45) is 7.05 Å². The Labute approximate surface area is 210 Å². The quantitative estimate of drug-likeness (QED) is 0.320. The molecule has 186 valence electrons. The van der Waals surface area contributed by atoms with Crippen LogP contribution < -0.4 is 20.1 Å². The Morgan fingerprint density at radius 1 is 1.17 bits per heavy atom. The van der Waals surface area contributed by atoms with Crippen molar-refractivity contribution >= 4 is 34.1 Å². The molecule has 4 aromatic rings. The first-order valence-electron chi connectivity index (χ1n) is 11.5. The number of carbonyl (C=O) groups excluding carboxylic acids is 1. The number of ether oxygens (including phenoxy) is 2. The van der Waals surface area contributed by atoms with Crippen LogP contribution in [0.25, 0.3) is 22.2 Å². The Hall–Kier alpha value is -4.37. The van der Waals surface area contributed by atoms with Gasteiger partial charge in [-0.3, -0.25) is 4.79 Å². The van der Waals surface area contributed by atoms with Gasteiger partial charge in [0.2, 0.25) is 11.9 Å². The molecule has 0 saturated heterocycles. The van der Waals surface area contributed by atoms with E-state index >= 15 is 0 Å². The highest BCUT2D eigenvalue weighted by Crippen LogP contribution is 2.38. The van der Waals surface area contributed by atoms with Crippen LogP contribution in [0.5, 0.6) is 11.5 Å². The first-order chi connectivity index (χ1) is 17.4. The lowest BCUT2D eigenvalue weighted by Gasteiger charge is -2.18. The van der Waals surface area contributed by atoms with E-state index in [1.807, 2.05) is 44.2 Å². The largest absolute Gasteiger partial charge is 0.494 e. The lowest BCUT2D eigenvalue weighted by molar-refractivity contribution is -0.111. The number of aryl methyl sites for hydroxylation is 1. The van der Waals surface area contributed by atoms with E-state index in [2.05, 4.69) is 45.1 Å².